The van der Waals surface area contributed by atoms with Crippen LogP contribution in [0, 0.1) is 0 Å². The Hall–Kier alpha value is -4.15. The van der Waals surface area contributed by atoms with Crippen molar-refractivity contribution < 1.29 is 33.4 Å². The highest BCUT2D eigenvalue weighted by atomic mass is 16.6. The number of alkyl carbamates (subject to hydrolysis) is 1. The summed E-state index contributed by atoms with van der Waals surface area (Å²) >= 11 is 0. The second-order valence-electron chi connectivity index (χ2n) is 10.2. The Bertz CT molecular complexity index is 1250. The summed E-state index contributed by atoms with van der Waals surface area (Å²) in [6.45, 7) is 10.1. The van der Waals surface area contributed by atoms with Crippen LogP contribution in [-0.2, 0) is 19.1 Å². The molecule has 0 bridgehead atoms. The number of ether oxygens (including phenoxy) is 3. The molecule has 3 N–H and O–H groups in total. The maximum Gasteiger partial charge on any atom is 0.408 e. The Kier molecular flexibility index (Phi) is 8.60. The van der Waals surface area contributed by atoms with Crippen molar-refractivity contribution in [3.63, 3.8) is 0 Å². The third-order valence-electron chi connectivity index (χ3n) is 5.94. The number of likely N-dealkylation sites (tertiary alicyclic amines) is 1. The monoisotopic (exact) mass is 526 g/mol. The first-order valence-electron chi connectivity index (χ1n) is 12.2. The Balaban J connectivity index is 1.84. The summed E-state index contributed by atoms with van der Waals surface area (Å²) in [5, 5.41) is 4.03. The Morgan fingerprint density at radius 3 is 2.55 bits per heavy atom. The molecule has 1 saturated heterocycles. The summed E-state index contributed by atoms with van der Waals surface area (Å²) in [6.07, 6.45) is -0.139. The van der Waals surface area contributed by atoms with E-state index in [0.29, 0.717) is 11.6 Å². The fourth-order valence-electron chi connectivity index (χ4n) is 4.11. The van der Waals surface area contributed by atoms with Crippen molar-refractivity contribution >= 4 is 34.5 Å². The number of nitrogens with two attached hydrogens (primary N) is 1. The molecular formula is C27H34N4O7. The summed E-state index contributed by atoms with van der Waals surface area (Å²) < 4.78 is 16.7. The Morgan fingerprint density at radius 1 is 1.24 bits per heavy atom. The van der Waals surface area contributed by atoms with Crippen molar-refractivity contribution in [2.24, 2.45) is 5.73 Å². The van der Waals surface area contributed by atoms with Crippen LogP contribution in [0.5, 0.6) is 11.6 Å². The summed E-state index contributed by atoms with van der Waals surface area (Å²) in [5.41, 5.74) is 5.03. The molecular weight excluding hydrogens is 492 g/mol. The topological polar surface area (TPSA) is 150 Å². The lowest BCUT2D eigenvalue weighted by Crippen LogP contribution is -2.54. The molecule has 204 valence electrons. The van der Waals surface area contributed by atoms with Crippen LogP contribution >= 0.6 is 0 Å². The van der Waals surface area contributed by atoms with Crippen molar-refractivity contribution in [2.75, 3.05) is 13.7 Å². The number of Topliss-reactive ketones (excluding diaryl/α,β-unsaturated/α-hetero) is 1. The van der Waals surface area contributed by atoms with Crippen molar-refractivity contribution in [3.05, 3.63) is 42.6 Å². The van der Waals surface area contributed by atoms with Gasteiger partial charge in [-0.2, -0.15) is 0 Å². The predicted octanol–water partition coefficient (Wildman–Crippen LogP) is 2.51. The van der Waals surface area contributed by atoms with Gasteiger partial charge in [0.15, 0.2) is 5.78 Å². The van der Waals surface area contributed by atoms with Gasteiger partial charge in [0, 0.05) is 24.4 Å². The zero-order valence-corrected chi connectivity index (χ0v) is 22.3. The first kappa shape index (κ1) is 28.4. The van der Waals surface area contributed by atoms with Crippen LogP contribution in [-0.4, -0.2) is 71.0 Å². The highest BCUT2D eigenvalue weighted by molar-refractivity contribution is 6.00. The van der Waals surface area contributed by atoms with Gasteiger partial charge < -0.3 is 30.2 Å². The average Bonchev–Trinajstić information content (AvgIpc) is 3.25. The number of fused-ring (bicyclic) bond motifs is 1. The number of carbonyl (C=O) groups excluding carboxylic acids is 4. The van der Waals surface area contributed by atoms with E-state index < -0.39 is 47.5 Å². The van der Waals surface area contributed by atoms with E-state index in [-0.39, 0.29) is 25.0 Å². The number of primary amides is 1. The molecule has 11 nitrogen and oxygen atoms in total. The van der Waals surface area contributed by atoms with Crippen molar-refractivity contribution in [1.29, 1.82) is 0 Å². The highest BCUT2D eigenvalue weighted by Gasteiger charge is 2.43. The van der Waals surface area contributed by atoms with E-state index in [0.717, 1.165) is 10.8 Å². The molecule has 0 radical (unpaired) electrons. The summed E-state index contributed by atoms with van der Waals surface area (Å²) in [6, 6.07) is 4.94. The number of carbonyl (C=O) groups is 4. The lowest BCUT2D eigenvalue weighted by Gasteiger charge is -2.28. The summed E-state index contributed by atoms with van der Waals surface area (Å²) in [7, 11) is 1.57. The molecule has 0 saturated carbocycles. The molecule has 1 fully saturated rings. The molecule has 0 unspecified atom stereocenters. The number of pyridine rings is 1. The van der Waals surface area contributed by atoms with E-state index in [2.05, 4.69) is 16.9 Å². The molecule has 1 aromatic carbocycles. The Labute approximate surface area is 221 Å². The zero-order valence-electron chi connectivity index (χ0n) is 22.3. The maximum atomic E-state index is 13.6. The standard InChI is InChI=1S/C27H34N4O7/c1-15(2)22(32)13-20(30-26(35)38-27(3,4)5)25(34)31-14-18(12-21(31)23(28)33)37-24-19-8-7-17(36-6)11-16(19)9-10-29-24/h7-11,18,20-21H,1,12-14H2,2-6H3,(H2,28,33)(H,30,35)/t18-,20+,21+/m1/s1. The molecule has 0 spiro atoms. The van der Waals surface area contributed by atoms with Crippen LogP contribution in [0.2, 0.25) is 0 Å². The minimum atomic E-state index is -1.29. The lowest BCUT2D eigenvalue weighted by atomic mass is 10.0. The number of allylic oxidation sites excluding steroid dienone is 1. The van der Waals surface area contributed by atoms with Crippen LogP contribution in [0.25, 0.3) is 10.8 Å². The van der Waals surface area contributed by atoms with Gasteiger partial charge >= 0.3 is 6.09 Å². The van der Waals surface area contributed by atoms with E-state index >= 15 is 0 Å². The fraction of sp³-hybridized carbons (Fsp3) is 0.444. The number of amides is 3. The molecule has 0 aliphatic carbocycles. The Morgan fingerprint density at radius 2 is 1.95 bits per heavy atom. The van der Waals surface area contributed by atoms with Gasteiger partial charge in [0.1, 0.15) is 29.5 Å². The highest BCUT2D eigenvalue weighted by Crippen LogP contribution is 2.30. The van der Waals surface area contributed by atoms with Crippen LogP contribution in [0.1, 0.15) is 40.5 Å². The van der Waals surface area contributed by atoms with E-state index in [1.165, 1.54) is 11.8 Å². The van der Waals surface area contributed by atoms with Crippen molar-refractivity contribution in [1.82, 2.24) is 15.2 Å². The zero-order chi connectivity index (χ0) is 28.2. The molecule has 3 atom stereocenters. The van der Waals surface area contributed by atoms with Crippen LogP contribution in [0.15, 0.2) is 42.6 Å². The van der Waals surface area contributed by atoms with E-state index in [4.69, 9.17) is 19.9 Å². The molecule has 2 heterocycles. The number of hydrogen-bond donors (Lipinski definition) is 2. The molecule has 3 rings (SSSR count). The lowest BCUT2D eigenvalue weighted by molar-refractivity contribution is -0.140. The molecule has 1 aromatic heterocycles. The number of ketones is 1. The van der Waals surface area contributed by atoms with Gasteiger partial charge in [-0.1, -0.05) is 6.58 Å². The number of benzene rings is 1. The fourth-order valence-corrected chi connectivity index (χ4v) is 4.11. The van der Waals surface area contributed by atoms with Gasteiger partial charge in [-0.15, -0.1) is 0 Å². The number of nitrogens with one attached hydrogen (secondary N) is 1. The number of nitrogens with zero attached hydrogens (tertiary/aromatic N) is 2. The summed E-state index contributed by atoms with van der Waals surface area (Å²) in [4.78, 5) is 56.3. The SMILES string of the molecule is C=C(C)C(=O)C[C@H](NC(=O)OC(C)(C)C)C(=O)N1C[C@H](Oc2nccc3cc(OC)ccc23)C[C@H]1C(N)=O. The van der Waals surface area contributed by atoms with Crippen molar-refractivity contribution in [3.8, 4) is 11.6 Å². The third kappa shape index (κ3) is 6.99. The minimum Gasteiger partial charge on any atom is -0.497 e. The van der Waals surface area contributed by atoms with E-state index in [1.807, 2.05) is 18.2 Å². The molecule has 11 heteroatoms. The number of methoxy groups -OCH3 is 1. The molecule has 2 aromatic rings. The number of aromatic nitrogens is 1. The molecule has 1 aliphatic rings. The van der Waals surface area contributed by atoms with Gasteiger partial charge in [0.25, 0.3) is 0 Å². The van der Waals surface area contributed by atoms with Crippen LogP contribution in [0.4, 0.5) is 4.79 Å². The third-order valence-corrected chi connectivity index (χ3v) is 5.94. The number of rotatable bonds is 9. The first-order chi connectivity index (χ1) is 17.8. The minimum absolute atomic E-state index is 0.00553. The van der Waals surface area contributed by atoms with Crippen LogP contribution in [0.3, 0.4) is 0 Å². The van der Waals surface area contributed by atoms with Gasteiger partial charge in [-0.25, -0.2) is 9.78 Å². The van der Waals surface area contributed by atoms with Gasteiger partial charge in [0.2, 0.25) is 17.7 Å². The van der Waals surface area contributed by atoms with Gasteiger partial charge in [-0.3, -0.25) is 14.4 Å². The quantitative estimate of drug-likeness (QED) is 0.473. The second-order valence-corrected chi connectivity index (χ2v) is 10.2. The van der Waals surface area contributed by atoms with Crippen molar-refractivity contribution in [2.45, 2.75) is 64.3 Å². The first-order valence-corrected chi connectivity index (χ1v) is 12.2. The van der Waals surface area contributed by atoms with Gasteiger partial charge in [-0.05, 0) is 62.9 Å². The van der Waals surface area contributed by atoms with E-state index in [1.54, 1.807) is 40.1 Å². The smallest absolute Gasteiger partial charge is 0.408 e. The molecule has 3 amide bonds. The largest absolute Gasteiger partial charge is 0.497 e. The number of hydrogen-bond acceptors (Lipinski definition) is 8. The predicted molar refractivity (Wildman–Crippen MR) is 140 cm³/mol. The average molecular weight is 527 g/mol. The summed E-state index contributed by atoms with van der Waals surface area (Å²) in [5.74, 6) is -0.807. The molecule has 38 heavy (non-hydrogen) atoms. The maximum absolute atomic E-state index is 13.6. The normalized spacial score (nSPS) is 18.0. The van der Waals surface area contributed by atoms with Gasteiger partial charge in [0.05, 0.1) is 13.7 Å². The van der Waals surface area contributed by atoms with E-state index in [9.17, 15) is 19.2 Å². The second kappa shape index (κ2) is 11.5. The molecule has 1 aliphatic heterocycles. The van der Waals surface area contributed by atoms with Crippen LogP contribution < -0.4 is 20.5 Å².